The molecule has 3 nitrogen and oxygen atoms in total. The fourth-order valence-corrected chi connectivity index (χ4v) is 2.47. The van der Waals surface area contributed by atoms with Crippen molar-refractivity contribution in [2.24, 2.45) is 0 Å². The molecule has 1 heterocycles. The summed E-state index contributed by atoms with van der Waals surface area (Å²) >= 11 is 0. The van der Waals surface area contributed by atoms with Crippen molar-refractivity contribution in [2.75, 3.05) is 5.32 Å². The molecule has 0 saturated carbocycles. The predicted molar refractivity (Wildman–Crippen MR) is 89.5 cm³/mol. The predicted octanol–water partition coefficient (Wildman–Crippen LogP) is 4.63. The van der Waals surface area contributed by atoms with Crippen LogP contribution in [0.1, 0.15) is 16.8 Å². The van der Waals surface area contributed by atoms with Crippen molar-refractivity contribution in [1.82, 2.24) is 10.2 Å². The van der Waals surface area contributed by atoms with Gasteiger partial charge in [-0.2, -0.15) is 18.3 Å². The first-order chi connectivity index (χ1) is 10.9. The molecule has 0 aliphatic carbocycles. The number of aryl methyl sites for hydroxylation is 2. The molecule has 0 spiro atoms. The standard InChI is InChI=1S/C17H14F3N3.B/c1-10-7-8-12(9-15(10)17(18,19)20)21-16-14-6-4-3-5-13(14)11(2)22-23-16;/h3-9H,1-2H3,(H,21,23);. The van der Waals surface area contributed by atoms with Crippen LogP contribution in [0.4, 0.5) is 24.7 Å². The molecule has 1 aromatic heterocycles. The van der Waals surface area contributed by atoms with Crippen molar-refractivity contribution in [3.8, 4) is 0 Å². The van der Waals surface area contributed by atoms with E-state index < -0.39 is 11.7 Å². The Balaban J connectivity index is 0.00000208. The monoisotopic (exact) mass is 328 g/mol. The Hall–Kier alpha value is -2.57. The summed E-state index contributed by atoms with van der Waals surface area (Å²) in [5.74, 6) is 0.433. The van der Waals surface area contributed by atoms with Gasteiger partial charge >= 0.3 is 6.18 Å². The zero-order valence-corrected chi connectivity index (χ0v) is 13.1. The molecule has 7 heteroatoms. The maximum Gasteiger partial charge on any atom is 0.416 e. The van der Waals surface area contributed by atoms with Crippen molar-refractivity contribution in [3.63, 3.8) is 0 Å². The summed E-state index contributed by atoms with van der Waals surface area (Å²) in [6.07, 6.45) is -4.39. The molecular weight excluding hydrogens is 314 g/mol. The van der Waals surface area contributed by atoms with E-state index in [1.165, 1.54) is 13.0 Å². The van der Waals surface area contributed by atoms with Gasteiger partial charge < -0.3 is 5.32 Å². The molecule has 0 aliphatic rings. The molecule has 0 fully saturated rings. The molecule has 0 saturated heterocycles. The van der Waals surface area contributed by atoms with Gasteiger partial charge in [-0.3, -0.25) is 0 Å². The fraction of sp³-hybridized carbons (Fsp3) is 0.176. The number of benzene rings is 2. The molecule has 121 valence electrons. The number of halogens is 3. The van der Waals surface area contributed by atoms with Crippen LogP contribution in [0.5, 0.6) is 0 Å². The van der Waals surface area contributed by atoms with Gasteiger partial charge in [-0.15, -0.1) is 5.10 Å². The maximum atomic E-state index is 13.0. The molecule has 24 heavy (non-hydrogen) atoms. The lowest BCUT2D eigenvalue weighted by molar-refractivity contribution is -0.138. The largest absolute Gasteiger partial charge is 0.416 e. The summed E-state index contributed by atoms with van der Waals surface area (Å²) in [7, 11) is 0. The normalized spacial score (nSPS) is 11.2. The third-order valence-electron chi connectivity index (χ3n) is 3.68. The van der Waals surface area contributed by atoms with E-state index in [4.69, 9.17) is 0 Å². The van der Waals surface area contributed by atoms with Crippen LogP contribution in [-0.4, -0.2) is 18.6 Å². The average Bonchev–Trinajstić information content (AvgIpc) is 2.51. The second-order valence-electron chi connectivity index (χ2n) is 5.33. The number of nitrogens with zero attached hydrogens (tertiary/aromatic N) is 2. The molecule has 0 amide bonds. The summed E-state index contributed by atoms with van der Waals surface area (Å²) in [6, 6.07) is 11.6. The first-order valence-electron chi connectivity index (χ1n) is 7.03. The van der Waals surface area contributed by atoms with Crippen molar-refractivity contribution in [2.45, 2.75) is 20.0 Å². The van der Waals surface area contributed by atoms with E-state index in [1.807, 2.05) is 31.2 Å². The van der Waals surface area contributed by atoms with Gasteiger partial charge in [0, 0.05) is 24.9 Å². The number of hydrogen-bond donors (Lipinski definition) is 1. The van der Waals surface area contributed by atoms with Crippen LogP contribution < -0.4 is 5.32 Å². The van der Waals surface area contributed by atoms with E-state index >= 15 is 0 Å². The maximum absolute atomic E-state index is 13.0. The Bertz CT molecular complexity index is 879. The highest BCUT2D eigenvalue weighted by Crippen LogP contribution is 2.34. The summed E-state index contributed by atoms with van der Waals surface area (Å²) in [5.41, 5.74) is 0.618. The van der Waals surface area contributed by atoms with Crippen molar-refractivity contribution in [3.05, 3.63) is 59.3 Å². The van der Waals surface area contributed by atoms with Crippen LogP contribution in [-0.2, 0) is 6.18 Å². The van der Waals surface area contributed by atoms with Gasteiger partial charge in [0.15, 0.2) is 5.82 Å². The highest BCUT2D eigenvalue weighted by Gasteiger charge is 2.32. The minimum atomic E-state index is -4.39. The van der Waals surface area contributed by atoms with Gasteiger partial charge in [0.25, 0.3) is 0 Å². The Morgan fingerprint density at radius 3 is 2.25 bits per heavy atom. The van der Waals surface area contributed by atoms with E-state index in [0.717, 1.165) is 22.5 Å². The zero-order valence-electron chi connectivity index (χ0n) is 13.1. The Kier molecular flexibility index (Phi) is 4.82. The molecule has 0 atom stereocenters. The second kappa shape index (κ2) is 6.51. The smallest absolute Gasteiger partial charge is 0.338 e. The number of rotatable bonds is 2. The molecule has 1 N–H and O–H groups in total. The summed E-state index contributed by atoms with van der Waals surface area (Å²) in [6.45, 7) is 3.28. The molecule has 3 rings (SSSR count). The lowest BCUT2D eigenvalue weighted by atomic mass is 10.1. The summed E-state index contributed by atoms with van der Waals surface area (Å²) in [4.78, 5) is 0. The number of fused-ring (bicyclic) bond motifs is 1. The molecular formula is C17H14BF3N3. The third kappa shape index (κ3) is 3.35. The number of anilines is 2. The van der Waals surface area contributed by atoms with Gasteiger partial charge in [0.2, 0.25) is 0 Å². The van der Waals surface area contributed by atoms with Crippen LogP contribution in [0.2, 0.25) is 0 Å². The minimum Gasteiger partial charge on any atom is -0.338 e. The van der Waals surface area contributed by atoms with Crippen LogP contribution in [0.25, 0.3) is 10.8 Å². The van der Waals surface area contributed by atoms with Gasteiger partial charge in [0.1, 0.15) is 0 Å². The number of aromatic nitrogens is 2. The Labute approximate surface area is 139 Å². The minimum absolute atomic E-state index is 0. The van der Waals surface area contributed by atoms with Gasteiger partial charge in [-0.25, -0.2) is 0 Å². The fourth-order valence-electron chi connectivity index (χ4n) is 2.47. The van der Waals surface area contributed by atoms with Crippen LogP contribution in [0, 0.1) is 13.8 Å². The topological polar surface area (TPSA) is 37.8 Å². The van der Waals surface area contributed by atoms with E-state index in [0.29, 0.717) is 11.5 Å². The van der Waals surface area contributed by atoms with Gasteiger partial charge in [0.05, 0.1) is 11.3 Å². The molecule has 2 aromatic carbocycles. The van der Waals surface area contributed by atoms with Crippen LogP contribution in [0.15, 0.2) is 42.5 Å². The average molecular weight is 328 g/mol. The van der Waals surface area contributed by atoms with Crippen LogP contribution >= 0.6 is 0 Å². The van der Waals surface area contributed by atoms with Crippen molar-refractivity contribution < 1.29 is 13.2 Å². The number of nitrogens with one attached hydrogen (secondary N) is 1. The molecule has 0 bridgehead atoms. The molecule has 3 radical (unpaired) electrons. The Morgan fingerprint density at radius 1 is 0.917 bits per heavy atom. The Morgan fingerprint density at radius 2 is 1.58 bits per heavy atom. The summed E-state index contributed by atoms with van der Waals surface area (Å²) < 4.78 is 39.1. The highest BCUT2D eigenvalue weighted by atomic mass is 19.4. The van der Waals surface area contributed by atoms with Crippen molar-refractivity contribution >= 4 is 30.7 Å². The third-order valence-corrected chi connectivity index (χ3v) is 3.68. The summed E-state index contributed by atoms with van der Waals surface area (Å²) in [5, 5.41) is 12.8. The molecule has 3 aromatic rings. The van der Waals surface area contributed by atoms with Crippen molar-refractivity contribution in [1.29, 1.82) is 0 Å². The first kappa shape index (κ1) is 17.8. The van der Waals surface area contributed by atoms with E-state index in [-0.39, 0.29) is 14.0 Å². The lowest BCUT2D eigenvalue weighted by Gasteiger charge is -2.14. The quantitative estimate of drug-likeness (QED) is 0.697. The van der Waals surface area contributed by atoms with E-state index in [2.05, 4.69) is 15.5 Å². The van der Waals surface area contributed by atoms with E-state index in [1.54, 1.807) is 6.07 Å². The molecule has 0 unspecified atom stereocenters. The number of hydrogen-bond acceptors (Lipinski definition) is 3. The van der Waals surface area contributed by atoms with Gasteiger partial charge in [-0.05, 0) is 31.5 Å². The zero-order chi connectivity index (χ0) is 16.6. The highest BCUT2D eigenvalue weighted by molar-refractivity contribution is 5.94. The lowest BCUT2D eigenvalue weighted by Crippen LogP contribution is -2.08. The second-order valence-corrected chi connectivity index (χ2v) is 5.33. The van der Waals surface area contributed by atoms with Gasteiger partial charge in [-0.1, -0.05) is 30.3 Å². The molecule has 0 aliphatic heterocycles. The van der Waals surface area contributed by atoms with E-state index in [9.17, 15) is 13.2 Å². The number of alkyl halides is 3. The van der Waals surface area contributed by atoms with Crippen LogP contribution in [0.3, 0.4) is 0 Å². The first-order valence-corrected chi connectivity index (χ1v) is 7.03. The SMILES string of the molecule is Cc1ccc(Nc2nnc(C)c3ccccc23)cc1C(F)(F)F.[B].